The van der Waals surface area contributed by atoms with Crippen molar-refractivity contribution in [1.29, 1.82) is 5.26 Å². The van der Waals surface area contributed by atoms with Crippen LogP contribution in [0.15, 0.2) is 18.2 Å². The first-order chi connectivity index (χ1) is 8.19. The number of halogens is 1. The standard InChI is InChI=1S/C14H17FN2/c1-2-14(6-3-7-14)10-17-13-5-4-12(15)8-11(13)9-16/h4-5,8,17H,2-3,6-7,10H2,1H3. The van der Waals surface area contributed by atoms with Gasteiger partial charge in [-0.15, -0.1) is 0 Å². The third kappa shape index (κ3) is 2.41. The molecular formula is C14H17FN2. The first-order valence-electron chi connectivity index (χ1n) is 6.13. The SMILES string of the molecule is CCC1(CNc2ccc(F)cc2C#N)CCC1. The van der Waals surface area contributed by atoms with Crippen LogP contribution in [0.4, 0.5) is 10.1 Å². The average molecular weight is 232 g/mol. The third-order valence-corrected chi connectivity index (χ3v) is 3.92. The van der Waals surface area contributed by atoms with Crippen molar-refractivity contribution in [2.45, 2.75) is 32.6 Å². The Labute approximate surface area is 101 Å². The number of hydrogen-bond donors (Lipinski definition) is 1. The molecule has 1 aromatic carbocycles. The van der Waals surface area contributed by atoms with E-state index in [4.69, 9.17) is 5.26 Å². The average Bonchev–Trinajstić information content (AvgIpc) is 2.29. The van der Waals surface area contributed by atoms with Gasteiger partial charge in [-0.05, 0) is 42.9 Å². The predicted molar refractivity (Wildman–Crippen MR) is 66.2 cm³/mol. The summed E-state index contributed by atoms with van der Waals surface area (Å²) in [5, 5.41) is 12.2. The number of hydrogen-bond acceptors (Lipinski definition) is 2. The van der Waals surface area contributed by atoms with Crippen LogP contribution in [0.1, 0.15) is 38.2 Å². The van der Waals surface area contributed by atoms with Gasteiger partial charge in [-0.2, -0.15) is 5.26 Å². The molecule has 0 heterocycles. The van der Waals surface area contributed by atoms with Gasteiger partial charge in [0.05, 0.1) is 11.3 Å². The Bertz CT molecular complexity index is 439. The lowest BCUT2D eigenvalue weighted by Gasteiger charge is -2.41. The van der Waals surface area contributed by atoms with Crippen molar-refractivity contribution in [1.82, 2.24) is 0 Å². The fourth-order valence-electron chi connectivity index (χ4n) is 2.38. The summed E-state index contributed by atoms with van der Waals surface area (Å²) in [6.07, 6.45) is 4.95. The van der Waals surface area contributed by atoms with Crippen molar-refractivity contribution in [2.75, 3.05) is 11.9 Å². The second-order valence-corrected chi connectivity index (χ2v) is 4.86. The maximum absolute atomic E-state index is 13.0. The molecule has 17 heavy (non-hydrogen) atoms. The Kier molecular flexibility index (Phi) is 3.33. The highest BCUT2D eigenvalue weighted by Gasteiger charge is 2.34. The van der Waals surface area contributed by atoms with Gasteiger partial charge >= 0.3 is 0 Å². The van der Waals surface area contributed by atoms with E-state index in [-0.39, 0.29) is 5.82 Å². The van der Waals surface area contributed by atoms with E-state index in [1.165, 1.54) is 31.4 Å². The zero-order valence-corrected chi connectivity index (χ0v) is 10.1. The number of nitriles is 1. The molecule has 0 amide bonds. The van der Waals surface area contributed by atoms with Crippen LogP contribution in [0.25, 0.3) is 0 Å². The fourth-order valence-corrected chi connectivity index (χ4v) is 2.38. The number of benzene rings is 1. The highest BCUT2D eigenvalue weighted by atomic mass is 19.1. The molecule has 0 aromatic heterocycles. The van der Waals surface area contributed by atoms with E-state index in [0.29, 0.717) is 11.0 Å². The van der Waals surface area contributed by atoms with Crippen molar-refractivity contribution < 1.29 is 4.39 Å². The summed E-state index contributed by atoms with van der Waals surface area (Å²) in [5.74, 6) is -0.360. The van der Waals surface area contributed by atoms with Gasteiger partial charge in [-0.3, -0.25) is 0 Å². The van der Waals surface area contributed by atoms with Gasteiger partial charge in [0.2, 0.25) is 0 Å². The molecule has 0 saturated heterocycles. The van der Waals surface area contributed by atoms with Crippen LogP contribution in [-0.4, -0.2) is 6.54 Å². The van der Waals surface area contributed by atoms with Crippen LogP contribution in [0.3, 0.4) is 0 Å². The molecule has 0 unspecified atom stereocenters. The summed E-state index contributed by atoms with van der Waals surface area (Å²) >= 11 is 0. The molecular weight excluding hydrogens is 215 g/mol. The number of nitrogens with one attached hydrogen (secondary N) is 1. The third-order valence-electron chi connectivity index (χ3n) is 3.92. The molecule has 3 heteroatoms. The molecule has 2 rings (SSSR count). The van der Waals surface area contributed by atoms with Crippen molar-refractivity contribution in [3.8, 4) is 6.07 Å². The first kappa shape index (κ1) is 11.9. The second-order valence-electron chi connectivity index (χ2n) is 4.86. The van der Waals surface area contributed by atoms with Crippen LogP contribution in [0.2, 0.25) is 0 Å². The Morgan fingerprint density at radius 3 is 2.76 bits per heavy atom. The Hall–Kier alpha value is -1.56. The van der Waals surface area contributed by atoms with E-state index in [0.717, 1.165) is 18.7 Å². The molecule has 0 atom stereocenters. The minimum atomic E-state index is -0.360. The van der Waals surface area contributed by atoms with Crippen LogP contribution in [-0.2, 0) is 0 Å². The molecule has 2 nitrogen and oxygen atoms in total. The molecule has 1 aliphatic carbocycles. The highest BCUT2D eigenvalue weighted by molar-refractivity contribution is 5.57. The molecule has 0 radical (unpaired) electrons. The number of rotatable bonds is 4. The summed E-state index contributed by atoms with van der Waals surface area (Å²) in [6, 6.07) is 6.34. The highest BCUT2D eigenvalue weighted by Crippen LogP contribution is 2.43. The molecule has 0 bridgehead atoms. The van der Waals surface area contributed by atoms with Crippen LogP contribution >= 0.6 is 0 Å². The lowest BCUT2D eigenvalue weighted by atomic mass is 9.67. The monoisotopic (exact) mass is 232 g/mol. The lowest BCUT2D eigenvalue weighted by Crippen LogP contribution is -2.35. The van der Waals surface area contributed by atoms with Crippen LogP contribution in [0, 0.1) is 22.6 Å². The van der Waals surface area contributed by atoms with Crippen molar-refractivity contribution in [3.63, 3.8) is 0 Å². The van der Waals surface area contributed by atoms with Gasteiger partial charge in [0, 0.05) is 6.54 Å². The van der Waals surface area contributed by atoms with E-state index in [1.807, 2.05) is 6.07 Å². The quantitative estimate of drug-likeness (QED) is 0.859. The minimum Gasteiger partial charge on any atom is -0.383 e. The topological polar surface area (TPSA) is 35.8 Å². The van der Waals surface area contributed by atoms with E-state index in [1.54, 1.807) is 6.07 Å². The van der Waals surface area contributed by atoms with E-state index in [2.05, 4.69) is 12.2 Å². The molecule has 1 fully saturated rings. The maximum Gasteiger partial charge on any atom is 0.124 e. The van der Waals surface area contributed by atoms with E-state index in [9.17, 15) is 4.39 Å². The summed E-state index contributed by atoms with van der Waals surface area (Å²) in [4.78, 5) is 0. The Morgan fingerprint density at radius 1 is 1.47 bits per heavy atom. The fraction of sp³-hybridized carbons (Fsp3) is 0.500. The van der Waals surface area contributed by atoms with E-state index < -0.39 is 0 Å². The van der Waals surface area contributed by atoms with Crippen molar-refractivity contribution in [3.05, 3.63) is 29.6 Å². The second kappa shape index (κ2) is 4.75. The summed E-state index contributed by atoms with van der Waals surface area (Å²) in [7, 11) is 0. The molecule has 90 valence electrons. The number of anilines is 1. The van der Waals surface area contributed by atoms with Gasteiger partial charge in [0.1, 0.15) is 11.9 Å². The minimum absolute atomic E-state index is 0.360. The van der Waals surface area contributed by atoms with Gasteiger partial charge < -0.3 is 5.32 Å². The summed E-state index contributed by atoms with van der Waals surface area (Å²) in [6.45, 7) is 3.08. The van der Waals surface area contributed by atoms with Gasteiger partial charge in [0.15, 0.2) is 0 Å². The normalized spacial score (nSPS) is 17.0. The molecule has 0 aliphatic heterocycles. The zero-order chi connectivity index (χ0) is 12.3. The first-order valence-corrected chi connectivity index (χ1v) is 6.13. The molecule has 0 spiro atoms. The van der Waals surface area contributed by atoms with Gasteiger partial charge in [0.25, 0.3) is 0 Å². The molecule has 1 saturated carbocycles. The summed E-state index contributed by atoms with van der Waals surface area (Å²) in [5.41, 5.74) is 1.52. The van der Waals surface area contributed by atoms with Crippen molar-refractivity contribution in [2.24, 2.45) is 5.41 Å². The van der Waals surface area contributed by atoms with Crippen molar-refractivity contribution >= 4 is 5.69 Å². The van der Waals surface area contributed by atoms with Crippen LogP contribution in [0.5, 0.6) is 0 Å². The number of nitrogens with zero attached hydrogens (tertiary/aromatic N) is 1. The van der Waals surface area contributed by atoms with Crippen LogP contribution < -0.4 is 5.32 Å². The van der Waals surface area contributed by atoms with E-state index >= 15 is 0 Å². The molecule has 1 N–H and O–H groups in total. The van der Waals surface area contributed by atoms with Gasteiger partial charge in [-0.1, -0.05) is 13.3 Å². The molecule has 1 aromatic rings. The lowest BCUT2D eigenvalue weighted by molar-refractivity contribution is 0.145. The largest absolute Gasteiger partial charge is 0.383 e. The smallest absolute Gasteiger partial charge is 0.124 e. The maximum atomic E-state index is 13.0. The molecule has 1 aliphatic rings. The summed E-state index contributed by atoms with van der Waals surface area (Å²) < 4.78 is 13.0. The Morgan fingerprint density at radius 2 is 2.24 bits per heavy atom. The Balaban J connectivity index is 2.06. The van der Waals surface area contributed by atoms with Gasteiger partial charge in [-0.25, -0.2) is 4.39 Å². The zero-order valence-electron chi connectivity index (χ0n) is 10.1. The predicted octanol–water partition coefficient (Wildman–Crippen LogP) is 3.69.